The summed E-state index contributed by atoms with van der Waals surface area (Å²) in [5.41, 5.74) is 1.16. The Kier molecular flexibility index (Phi) is 5.01. The summed E-state index contributed by atoms with van der Waals surface area (Å²) in [6.45, 7) is 8.18. The zero-order valence-electron chi connectivity index (χ0n) is 10.7. The van der Waals surface area contributed by atoms with Gasteiger partial charge in [0.2, 0.25) is 0 Å². The Hall–Kier alpha value is -0.550. The van der Waals surface area contributed by atoms with Gasteiger partial charge in [-0.1, -0.05) is 27.7 Å². The van der Waals surface area contributed by atoms with Crippen LogP contribution in [0.5, 0.6) is 0 Å². The largest absolute Gasteiger partial charge is 0.481 e. The maximum absolute atomic E-state index is 10.7. The monoisotopic (exact) mass is 273 g/mol. The second-order valence-electron chi connectivity index (χ2n) is 5.15. The molecule has 1 rings (SSSR count). The lowest BCUT2D eigenvalue weighted by atomic mass is 9.98. The minimum absolute atomic E-state index is 0.0991. The quantitative estimate of drug-likeness (QED) is 0.893. The number of carboxylic acid groups (broad SMARTS) is 1. The maximum atomic E-state index is 10.7. The second kappa shape index (κ2) is 5.87. The van der Waals surface area contributed by atoms with Crippen LogP contribution in [0.2, 0.25) is 0 Å². The van der Waals surface area contributed by atoms with E-state index in [-0.39, 0.29) is 11.3 Å². The van der Waals surface area contributed by atoms with Crippen molar-refractivity contribution < 1.29 is 9.90 Å². The highest BCUT2D eigenvalue weighted by molar-refractivity contribution is 7.98. The smallest absolute Gasteiger partial charge is 0.307 e. The van der Waals surface area contributed by atoms with Crippen molar-refractivity contribution in [1.82, 2.24) is 4.98 Å². The van der Waals surface area contributed by atoms with Gasteiger partial charge in [-0.2, -0.15) is 11.8 Å². The van der Waals surface area contributed by atoms with Gasteiger partial charge in [-0.15, -0.1) is 11.3 Å². The first-order chi connectivity index (χ1) is 7.80. The molecule has 0 saturated heterocycles. The van der Waals surface area contributed by atoms with Gasteiger partial charge in [0.05, 0.1) is 16.6 Å². The van der Waals surface area contributed by atoms with Gasteiger partial charge in [0.25, 0.3) is 0 Å². The maximum Gasteiger partial charge on any atom is 0.307 e. The molecule has 1 N–H and O–H groups in total. The van der Waals surface area contributed by atoms with Crippen LogP contribution in [0.1, 0.15) is 38.4 Å². The van der Waals surface area contributed by atoms with E-state index in [0.717, 1.165) is 16.5 Å². The number of aromatic nitrogens is 1. The summed E-state index contributed by atoms with van der Waals surface area (Å²) in [6, 6.07) is 0. The number of carbonyl (C=O) groups is 1. The summed E-state index contributed by atoms with van der Waals surface area (Å²) >= 11 is 3.31. The van der Waals surface area contributed by atoms with Gasteiger partial charge >= 0.3 is 5.97 Å². The van der Waals surface area contributed by atoms with E-state index in [4.69, 9.17) is 5.11 Å². The van der Waals surface area contributed by atoms with Crippen LogP contribution in [0, 0.1) is 5.92 Å². The van der Waals surface area contributed by atoms with E-state index in [2.05, 4.69) is 31.1 Å². The molecule has 1 unspecified atom stereocenters. The van der Waals surface area contributed by atoms with Crippen LogP contribution in [0.3, 0.4) is 0 Å². The minimum atomic E-state index is -0.730. The Balaban J connectivity index is 2.43. The number of hydrogen-bond donors (Lipinski definition) is 1. The van der Waals surface area contributed by atoms with E-state index >= 15 is 0 Å². The fourth-order valence-corrected chi connectivity index (χ4v) is 3.11. The number of rotatable bonds is 5. The molecule has 0 spiro atoms. The van der Waals surface area contributed by atoms with Gasteiger partial charge in [0.1, 0.15) is 0 Å². The lowest BCUT2D eigenvalue weighted by Crippen LogP contribution is -2.12. The molecule has 1 heterocycles. The summed E-state index contributed by atoms with van der Waals surface area (Å²) in [6.07, 6.45) is 0. The van der Waals surface area contributed by atoms with Crippen molar-refractivity contribution in [3.8, 4) is 0 Å². The van der Waals surface area contributed by atoms with Crippen molar-refractivity contribution in [3.05, 3.63) is 16.1 Å². The average Bonchev–Trinajstić information content (AvgIpc) is 2.65. The van der Waals surface area contributed by atoms with Gasteiger partial charge in [-0.25, -0.2) is 4.98 Å². The van der Waals surface area contributed by atoms with E-state index in [1.54, 1.807) is 30.0 Å². The summed E-state index contributed by atoms with van der Waals surface area (Å²) in [5, 5.41) is 12.0. The van der Waals surface area contributed by atoms with Crippen LogP contribution >= 0.6 is 23.1 Å². The van der Waals surface area contributed by atoms with E-state index in [9.17, 15) is 4.79 Å². The van der Waals surface area contributed by atoms with Gasteiger partial charge in [-0.3, -0.25) is 4.79 Å². The number of thioether (sulfide) groups is 1. The number of hydrogen-bond acceptors (Lipinski definition) is 4. The first-order valence-electron chi connectivity index (χ1n) is 5.56. The predicted molar refractivity (Wildman–Crippen MR) is 73.8 cm³/mol. The third-order valence-electron chi connectivity index (χ3n) is 2.23. The predicted octanol–water partition coefficient (Wildman–Crippen LogP) is 3.39. The van der Waals surface area contributed by atoms with E-state index in [0.29, 0.717) is 5.75 Å². The first-order valence-corrected chi connectivity index (χ1v) is 7.59. The number of thiazole rings is 1. The van der Waals surface area contributed by atoms with E-state index in [1.807, 2.05) is 0 Å². The van der Waals surface area contributed by atoms with Crippen LogP contribution in [0.15, 0.2) is 5.38 Å². The molecule has 5 heteroatoms. The zero-order chi connectivity index (χ0) is 13.1. The number of carboxylic acids is 1. The third-order valence-corrected chi connectivity index (χ3v) is 4.79. The van der Waals surface area contributed by atoms with Crippen molar-refractivity contribution >= 4 is 29.1 Å². The molecule has 0 aliphatic heterocycles. The normalized spacial score (nSPS) is 13.6. The fraction of sp³-hybridized carbons (Fsp3) is 0.667. The van der Waals surface area contributed by atoms with E-state index < -0.39 is 5.97 Å². The van der Waals surface area contributed by atoms with Crippen molar-refractivity contribution in [1.29, 1.82) is 0 Å². The molecule has 0 aliphatic carbocycles. The lowest BCUT2D eigenvalue weighted by Gasteiger charge is -2.13. The van der Waals surface area contributed by atoms with Gasteiger partial charge in [0.15, 0.2) is 0 Å². The molecule has 0 radical (unpaired) electrons. The summed E-state index contributed by atoms with van der Waals surface area (Å²) < 4.78 is 0. The molecule has 0 amide bonds. The SMILES string of the molecule is CC(CSCc1csc(C(C)(C)C)n1)C(=O)O. The molecule has 0 aromatic carbocycles. The molecule has 1 aromatic heterocycles. The summed E-state index contributed by atoms with van der Waals surface area (Å²) in [7, 11) is 0. The van der Waals surface area contributed by atoms with Crippen LogP contribution in [-0.2, 0) is 16.0 Å². The van der Waals surface area contributed by atoms with Gasteiger partial charge < -0.3 is 5.11 Å². The standard InChI is InChI=1S/C12H19NO2S2/c1-8(10(14)15)5-16-6-9-7-17-11(13-9)12(2,3)4/h7-8H,5-6H2,1-4H3,(H,14,15). The Morgan fingerprint density at radius 2 is 2.24 bits per heavy atom. The highest BCUT2D eigenvalue weighted by Gasteiger charge is 2.18. The number of nitrogens with zero attached hydrogens (tertiary/aromatic N) is 1. The lowest BCUT2D eigenvalue weighted by molar-refractivity contribution is -0.140. The van der Waals surface area contributed by atoms with Gasteiger partial charge in [0, 0.05) is 22.3 Å². The Morgan fingerprint density at radius 3 is 2.71 bits per heavy atom. The van der Waals surface area contributed by atoms with Crippen LogP contribution in [0.25, 0.3) is 0 Å². The van der Waals surface area contributed by atoms with Crippen LogP contribution < -0.4 is 0 Å². The highest BCUT2D eigenvalue weighted by atomic mass is 32.2. The topological polar surface area (TPSA) is 50.2 Å². The molecule has 96 valence electrons. The minimum Gasteiger partial charge on any atom is -0.481 e. The molecule has 1 aromatic rings. The van der Waals surface area contributed by atoms with Crippen molar-refractivity contribution in [3.63, 3.8) is 0 Å². The molecule has 17 heavy (non-hydrogen) atoms. The third kappa shape index (κ3) is 4.68. The van der Waals surface area contributed by atoms with Gasteiger partial charge in [-0.05, 0) is 0 Å². The molecule has 0 bridgehead atoms. The van der Waals surface area contributed by atoms with Crippen molar-refractivity contribution in [2.45, 2.75) is 38.9 Å². The number of aliphatic carboxylic acids is 1. The molecular formula is C12H19NO2S2. The molecule has 3 nitrogen and oxygen atoms in total. The molecule has 0 fully saturated rings. The summed E-state index contributed by atoms with van der Waals surface area (Å²) in [5.74, 6) is 0.411. The van der Waals surface area contributed by atoms with Crippen LogP contribution in [0.4, 0.5) is 0 Å². The van der Waals surface area contributed by atoms with E-state index in [1.165, 1.54) is 0 Å². The van der Waals surface area contributed by atoms with Crippen molar-refractivity contribution in [2.75, 3.05) is 5.75 Å². The Bertz CT molecular complexity index is 382. The average molecular weight is 273 g/mol. The molecular weight excluding hydrogens is 254 g/mol. The Labute approximate surface area is 111 Å². The van der Waals surface area contributed by atoms with Crippen molar-refractivity contribution in [2.24, 2.45) is 5.92 Å². The second-order valence-corrected chi connectivity index (χ2v) is 7.04. The summed E-state index contributed by atoms with van der Waals surface area (Å²) in [4.78, 5) is 15.2. The fourth-order valence-electron chi connectivity index (χ4n) is 1.13. The van der Waals surface area contributed by atoms with Crippen LogP contribution in [-0.4, -0.2) is 21.8 Å². The zero-order valence-corrected chi connectivity index (χ0v) is 12.3. The molecule has 0 aliphatic rings. The molecule has 0 saturated carbocycles. The Morgan fingerprint density at radius 1 is 1.59 bits per heavy atom. The first kappa shape index (κ1) is 14.5. The highest BCUT2D eigenvalue weighted by Crippen LogP contribution is 2.27. The molecule has 1 atom stereocenters.